The van der Waals surface area contributed by atoms with Gasteiger partial charge in [-0.25, -0.2) is 4.98 Å². The van der Waals surface area contributed by atoms with E-state index in [9.17, 15) is 14.9 Å². The number of nitrogens with two attached hydrogens (primary N) is 1. The highest BCUT2D eigenvalue weighted by Gasteiger charge is 2.27. The summed E-state index contributed by atoms with van der Waals surface area (Å²) in [6, 6.07) is 9.80. The molecule has 0 spiro atoms. The second-order valence-corrected chi connectivity index (χ2v) is 5.95. The molecule has 0 bridgehead atoms. The Bertz CT molecular complexity index is 781. The Kier molecular flexibility index (Phi) is 4.78. The van der Waals surface area contributed by atoms with Gasteiger partial charge in [0.1, 0.15) is 11.4 Å². The van der Waals surface area contributed by atoms with Crippen molar-refractivity contribution < 1.29 is 9.72 Å². The first kappa shape index (κ1) is 16.7. The van der Waals surface area contributed by atoms with Gasteiger partial charge in [0.25, 0.3) is 11.6 Å². The predicted octanol–water partition coefficient (Wildman–Crippen LogP) is 1.97. The van der Waals surface area contributed by atoms with Crippen LogP contribution >= 0.6 is 0 Å². The van der Waals surface area contributed by atoms with Crippen LogP contribution in [0.4, 0.5) is 17.2 Å². The van der Waals surface area contributed by atoms with Crippen molar-refractivity contribution in [3.05, 3.63) is 58.3 Å². The highest BCUT2D eigenvalue weighted by Crippen LogP contribution is 2.25. The van der Waals surface area contributed by atoms with Crippen LogP contribution in [0, 0.1) is 10.1 Å². The predicted molar refractivity (Wildman–Crippen MR) is 94.4 cm³/mol. The van der Waals surface area contributed by atoms with E-state index in [1.807, 2.05) is 18.2 Å². The molecule has 1 amide bonds. The lowest BCUT2D eigenvalue weighted by molar-refractivity contribution is -0.385. The summed E-state index contributed by atoms with van der Waals surface area (Å²) in [5.41, 5.74) is 5.54. The van der Waals surface area contributed by atoms with E-state index in [0.29, 0.717) is 6.54 Å². The number of hydrogen-bond acceptors (Lipinski definition) is 6. The van der Waals surface area contributed by atoms with Gasteiger partial charge in [0.15, 0.2) is 0 Å². The van der Waals surface area contributed by atoms with E-state index >= 15 is 0 Å². The monoisotopic (exact) mass is 341 g/mol. The number of piperidine rings is 1. The van der Waals surface area contributed by atoms with E-state index in [4.69, 9.17) is 5.73 Å². The second kappa shape index (κ2) is 7.16. The number of aromatic nitrogens is 1. The third kappa shape index (κ3) is 3.68. The molecule has 1 aromatic carbocycles. The SMILES string of the molecule is Nc1cccc([N+](=O)[O-])c1C(=O)N[C@@H]1CCCN(c2ccccn2)C1. The molecule has 1 aromatic heterocycles. The number of benzene rings is 1. The molecule has 0 aliphatic carbocycles. The van der Waals surface area contributed by atoms with Gasteiger partial charge in [-0.1, -0.05) is 12.1 Å². The van der Waals surface area contributed by atoms with Crippen LogP contribution in [0.3, 0.4) is 0 Å². The van der Waals surface area contributed by atoms with Crippen LogP contribution in [0.15, 0.2) is 42.6 Å². The summed E-state index contributed by atoms with van der Waals surface area (Å²) < 4.78 is 0. The van der Waals surface area contributed by atoms with Crippen LogP contribution in [0.2, 0.25) is 0 Å². The lowest BCUT2D eigenvalue weighted by Gasteiger charge is -2.34. The summed E-state index contributed by atoms with van der Waals surface area (Å²) >= 11 is 0. The molecule has 1 saturated heterocycles. The van der Waals surface area contributed by atoms with Gasteiger partial charge in [0, 0.05) is 31.4 Å². The van der Waals surface area contributed by atoms with E-state index in [1.54, 1.807) is 6.20 Å². The zero-order chi connectivity index (χ0) is 17.8. The standard InChI is InChI=1S/C17H19N5O3/c18-13-6-3-7-14(22(24)25)16(13)17(23)20-12-5-4-10-21(11-12)15-8-1-2-9-19-15/h1-3,6-9,12H,4-5,10-11,18H2,(H,20,23)/t12-/m1/s1. The molecule has 3 rings (SSSR count). The van der Waals surface area contributed by atoms with Gasteiger partial charge in [0.05, 0.1) is 10.6 Å². The lowest BCUT2D eigenvalue weighted by atomic mass is 10.0. The molecule has 0 saturated carbocycles. The maximum Gasteiger partial charge on any atom is 0.284 e. The van der Waals surface area contributed by atoms with Gasteiger partial charge in [-0.15, -0.1) is 0 Å². The van der Waals surface area contributed by atoms with E-state index in [1.165, 1.54) is 18.2 Å². The highest BCUT2D eigenvalue weighted by atomic mass is 16.6. The van der Waals surface area contributed by atoms with E-state index in [-0.39, 0.29) is 23.0 Å². The van der Waals surface area contributed by atoms with Crippen LogP contribution in [0.5, 0.6) is 0 Å². The average Bonchev–Trinajstić information content (AvgIpc) is 2.62. The number of hydrogen-bond donors (Lipinski definition) is 2. The number of carbonyl (C=O) groups is 1. The molecular weight excluding hydrogens is 322 g/mol. The number of nitrogens with one attached hydrogen (secondary N) is 1. The maximum atomic E-state index is 12.6. The van der Waals surface area contributed by atoms with Crippen molar-refractivity contribution in [1.82, 2.24) is 10.3 Å². The topological polar surface area (TPSA) is 114 Å². The fourth-order valence-electron chi connectivity index (χ4n) is 3.06. The molecule has 8 heteroatoms. The molecule has 1 aliphatic heterocycles. The Balaban J connectivity index is 1.74. The van der Waals surface area contributed by atoms with Crippen molar-refractivity contribution in [2.24, 2.45) is 0 Å². The van der Waals surface area contributed by atoms with Crippen LogP contribution in [-0.2, 0) is 0 Å². The van der Waals surface area contributed by atoms with Crippen LogP contribution < -0.4 is 16.0 Å². The van der Waals surface area contributed by atoms with Gasteiger partial charge in [-0.05, 0) is 31.0 Å². The molecular formula is C17H19N5O3. The third-order valence-electron chi connectivity index (χ3n) is 4.23. The molecule has 0 unspecified atom stereocenters. The number of nitro groups is 1. The normalized spacial score (nSPS) is 17.1. The summed E-state index contributed by atoms with van der Waals surface area (Å²) in [5, 5.41) is 14.0. The average molecular weight is 341 g/mol. The molecule has 130 valence electrons. The largest absolute Gasteiger partial charge is 0.398 e. The fraction of sp³-hybridized carbons (Fsp3) is 0.294. The summed E-state index contributed by atoms with van der Waals surface area (Å²) in [4.78, 5) is 29.6. The minimum atomic E-state index is -0.591. The van der Waals surface area contributed by atoms with Crippen molar-refractivity contribution in [3.63, 3.8) is 0 Å². The Morgan fingerprint density at radius 1 is 1.32 bits per heavy atom. The number of rotatable bonds is 4. The molecule has 3 N–H and O–H groups in total. The van der Waals surface area contributed by atoms with Gasteiger partial charge in [-0.3, -0.25) is 14.9 Å². The molecule has 25 heavy (non-hydrogen) atoms. The molecule has 2 aromatic rings. The zero-order valence-corrected chi connectivity index (χ0v) is 13.6. The molecule has 1 atom stereocenters. The summed E-state index contributed by atoms with van der Waals surface area (Å²) in [6.07, 6.45) is 3.43. The maximum absolute atomic E-state index is 12.6. The van der Waals surface area contributed by atoms with E-state index in [2.05, 4.69) is 15.2 Å². The van der Waals surface area contributed by atoms with Gasteiger partial charge >= 0.3 is 0 Å². The summed E-state index contributed by atoms with van der Waals surface area (Å²) in [5.74, 6) is 0.337. The van der Waals surface area contributed by atoms with Gasteiger partial charge in [0.2, 0.25) is 0 Å². The van der Waals surface area contributed by atoms with Crippen molar-refractivity contribution in [3.8, 4) is 0 Å². The first-order valence-electron chi connectivity index (χ1n) is 8.06. The van der Waals surface area contributed by atoms with Crippen LogP contribution in [-0.4, -0.2) is 34.9 Å². The number of nitrogen functional groups attached to an aromatic ring is 1. The number of nitro benzene ring substituents is 1. The van der Waals surface area contributed by atoms with Crippen molar-refractivity contribution in [1.29, 1.82) is 0 Å². The Morgan fingerprint density at radius 2 is 2.16 bits per heavy atom. The molecule has 8 nitrogen and oxygen atoms in total. The number of nitrogens with zero attached hydrogens (tertiary/aromatic N) is 3. The molecule has 1 fully saturated rings. The third-order valence-corrected chi connectivity index (χ3v) is 4.23. The first-order valence-corrected chi connectivity index (χ1v) is 8.06. The molecule has 2 heterocycles. The second-order valence-electron chi connectivity index (χ2n) is 5.95. The highest BCUT2D eigenvalue weighted by molar-refractivity contribution is 6.03. The van der Waals surface area contributed by atoms with Crippen molar-refractivity contribution >= 4 is 23.1 Å². The van der Waals surface area contributed by atoms with Crippen molar-refractivity contribution in [2.45, 2.75) is 18.9 Å². The molecule has 1 aliphatic rings. The minimum Gasteiger partial charge on any atom is -0.398 e. The number of carbonyl (C=O) groups excluding carboxylic acids is 1. The fourth-order valence-corrected chi connectivity index (χ4v) is 3.06. The number of anilines is 2. The zero-order valence-electron chi connectivity index (χ0n) is 13.6. The number of pyridine rings is 1. The van der Waals surface area contributed by atoms with Gasteiger partial charge < -0.3 is 16.0 Å². The summed E-state index contributed by atoms with van der Waals surface area (Å²) in [6.45, 7) is 1.46. The molecule has 0 radical (unpaired) electrons. The Hall–Kier alpha value is -3.16. The Morgan fingerprint density at radius 3 is 2.88 bits per heavy atom. The van der Waals surface area contributed by atoms with Gasteiger partial charge in [-0.2, -0.15) is 0 Å². The first-order chi connectivity index (χ1) is 12.1. The van der Waals surface area contributed by atoms with Crippen molar-refractivity contribution in [2.75, 3.05) is 23.7 Å². The van der Waals surface area contributed by atoms with E-state index < -0.39 is 10.8 Å². The smallest absolute Gasteiger partial charge is 0.284 e. The number of amides is 1. The van der Waals surface area contributed by atoms with E-state index in [0.717, 1.165) is 25.2 Å². The minimum absolute atomic E-state index is 0.0811. The Labute approximate surface area is 144 Å². The summed E-state index contributed by atoms with van der Waals surface area (Å²) in [7, 11) is 0. The quantitative estimate of drug-likeness (QED) is 0.499. The lowest BCUT2D eigenvalue weighted by Crippen LogP contribution is -2.48. The van der Waals surface area contributed by atoms with Crippen LogP contribution in [0.1, 0.15) is 23.2 Å². The van der Waals surface area contributed by atoms with Crippen LogP contribution in [0.25, 0.3) is 0 Å².